The molecule has 9 nitrogen and oxygen atoms in total. The molecule has 1 saturated heterocycles. The molecule has 1 aromatic heterocycles. The summed E-state index contributed by atoms with van der Waals surface area (Å²) in [4.78, 5) is 21.1. The first kappa shape index (κ1) is 26.0. The lowest BCUT2D eigenvalue weighted by Crippen LogP contribution is -2.40. The summed E-state index contributed by atoms with van der Waals surface area (Å²) in [5, 5.41) is 15.4. The number of amides is 1. The average Bonchev–Trinajstić information content (AvgIpc) is 2.83. The Kier molecular flexibility index (Phi) is 7.89. The highest BCUT2D eigenvalue weighted by Gasteiger charge is 2.21. The lowest BCUT2D eigenvalue weighted by molar-refractivity contribution is -0.127. The van der Waals surface area contributed by atoms with Crippen molar-refractivity contribution in [3.05, 3.63) is 48.0 Å². The van der Waals surface area contributed by atoms with Gasteiger partial charge in [-0.15, -0.1) is 0 Å². The second kappa shape index (κ2) is 10.9. The number of aromatic nitrogens is 2. The maximum atomic E-state index is 14.1. The summed E-state index contributed by atoms with van der Waals surface area (Å²) in [5.41, 5.74) is 2.56. The summed E-state index contributed by atoms with van der Waals surface area (Å²) < 4.78 is 37.6. The maximum Gasteiger partial charge on any atom is 0.261 e. The predicted octanol–water partition coefficient (Wildman–Crippen LogP) is 4.75. The van der Waals surface area contributed by atoms with E-state index in [1.54, 1.807) is 13.0 Å². The average molecular weight is 622 g/mol. The standard InChI is InChI=1S/C24H24FIN6O3S/c1-14(12-27)30-24(33)15(2)35-21-9-17(25)4-5-19(21)31-23-22-16(11-26)8-18(10-20(22)28-13-29-23)32-36(34)6-3-7-36/h4-5,8-10,13-15H,3,6-7,11H2,1-2H3,(H,30,33)(H,28,29,31)/t14-,15-/m1/s1. The fraction of sp³-hybridized carbons (Fsp3) is 0.333. The molecular formula is C24H24FIN6O3S. The molecule has 2 atom stereocenters. The molecule has 3 aromatic rings. The summed E-state index contributed by atoms with van der Waals surface area (Å²) >= 11 is 2.24. The lowest BCUT2D eigenvalue weighted by atomic mass is 10.1. The second-order valence-corrected chi connectivity index (χ2v) is 11.7. The van der Waals surface area contributed by atoms with Crippen molar-refractivity contribution in [2.24, 2.45) is 4.36 Å². The smallest absolute Gasteiger partial charge is 0.261 e. The van der Waals surface area contributed by atoms with Crippen LogP contribution in [0.5, 0.6) is 5.75 Å². The Bertz CT molecular complexity index is 1470. The van der Waals surface area contributed by atoms with Gasteiger partial charge in [0.25, 0.3) is 5.91 Å². The van der Waals surface area contributed by atoms with Crippen LogP contribution in [0.4, 0.5) is 21.6 Å². The number of carbonyl (C=O) groups excluding carboxylic acids is 1. The zero-order chi connectivity index (χ0) is 25.9. The normalized spacial score (nSPS) is 15.8. The maximum absolute atomic E-state index is 14.1. The van der Waals surface area contributed by atoms with E-state index < -0.39 is 33.6 Å². The van der Waals surface area contributed by atoms with Gasteiger partial charge in [0.05, 0.1) is 32.7 Å². The number of ether oxygens (including phenoxy) is 1. The molecule has 4 rings (SSSR count). The van der Waals surface area contributed by atoms with Crippen LogP contribution in [0.1, 0.15) is 25.8 Å². The van der Waals surface area contributed by atoms with Crippen molar-refractivity contribution < 1.29 is 18.1 Å². The van der Waals surface area contributed by atoms with Gasteiger partial charge in [0.1, 0.15) is 29.8 Å². The van der Waals surface area contributed by atoms with Crippen LogP contribution in [0.25, 0.3) is 10.9 Å². The Morgan fingerprint density at radius 2 is 2.08 bits per heavy atom. The van der Waals surface area contributed by atoms with E-state index in [1.807, 2.05) is 12.1 Å². The molecule has 1 amide bonds. The molecule has 2 aromatic carbocycles. The van der Waals surface area contributed by atoms with Gasteiger partial charge < -0.3 is 15.4 Å². The predicted molar refractivity (Wildman–Crippen MR) is 145 cm³/mol. The van der Waals surface area contributed by atoms with Gasteiger partial charge in [0, 0.05) is 27.4 Å². The molecule has 36 heavy (non-hydrogen) atoms. The monoisotopic (exact) mass is 622 g/mol. The van der Waals surface area contributed by atoms with E-state index in [0.717, 1.165) is 17.4 Å². The molecule has 1 aliphatic rings. The van der Waals surface area contributed by atoms with Crippen LogP contribution in [0.15, 0.2) is 41.0 Å². The van der Waals surface area contributed by atoms with Crippen LogP contribution in [0.2, 0.25) is 0 Å². The molecule has 0 aliphatic carbocycles. The fourth-order valence-corrected chi connectivity index (χ4v) is 5.67. The van der Waals surface area contributed by atoms with Crippen molar-refractivity contribution in [2.45, 2.75) is 36.8 Å². The van der Waals surface area contributed by atoms with Crippen LogP contribution < -0.4 is 15.4 Å². The number of alkyl halides is 1. The number of halogens is 2. The summed E-state index contributed by atoms with van der Waals surface area (Å²) in [6.07, 6.45) is 1.34. The van der Waals surface area contributed by atoms with Crippen LogP contribution in [-0.2, 0) is 19.0 Å². The number of benzene rings is 2. The van der Waals surface area contributed by atoms with E-state index in [2.05, 4.69) is 47.6 Å². The Morgan fingerprint density at radius 1 is 1.31 bits per heavy atom. The van der Waals surface area contributed by atoms with Gasteiger partial charge in [-0.05, 0) is 50.1 Å². The number of nitrogens with one attached hydrogen (secondary N) is 2. The van der Waals surface area contributed by atoms with Gasteiger partial charge in [-0.25, -0.2) is 18.6 Å². The number of anilines is 2. The third-order valence-electron chi connectivity index (χ3n) is 5.57. The van der Waals surface area contributed by atoms with Crippen molar-refractivity contribution in [1.82, 2.24) is 15.3 Å². The van der Waals surface area contributed by atoms with Crippen molar-refractivity contribution in [1.29, 1.82) is 5.26 Å². The number of carbonyl (C=O) groups is 1. The van der Waals surface area contributed by atoms with Crippen molar-refractivity contribution in [2.75, 3.05) is 16.8 Å². The van der Waals surface area contributed by atoms with E-state index >= 15 is 0 Å². The molecule has 2 heterocycles. The topological polar surface area (TPSA) is 129 Å². The first-order valence-electron chi connectivity index (χ1n) is 11.2. The number of hydrogen-bond donors (Lipinski definition) is 2. The first-order valence-corrected chi connectivity index (χ1v) is 14.6. The van der Waals surface area contributed by atoms with Gasteiger partial charge in [0.2, 0.25) is 0 Å². The third-order valence-corrected chi connectivity index (χ3v) is 8.79. The summed E-state index contributed by atoms with van der Waals surface area (Å²) in [5.74, 6) is 0.766. The Balaban J connectivity index is 1.68. The molecular weight excluding hydrogens is 598 g/mol. The lowest BCUT2D eigenvalue weighted by Gasteiger charge is -2.20. The molecule has 1 aliphatic heterocycles. The molecule has 0 spiro atoms. The van der Waals surface area contributed by atoms with Crippen molar-refractivity contribution in [3.8, 4) is 11.8 Å². The number of fused-ring (bicyclic) bond motifs is 1. The minimum absolute atomic E-state index is 0.110. The van der Waals surface area contributed by atoms with Crippen LogP contribution in [0, 0.1) is 17.1 Å². The minimum Gasteiger partial charge on any atom is -0.479 e. The Labute approximate surface area is 222 Å². The van der Waals surface area contributed by atoms with Gasteiger partial charge in [-0.1, -0.05) is 22.6 Å². The number of hydrogen-bond acceptors (Lipinski definition) is 8. The molecule has 0 bridgehead atoms. The number of nitriles is 1. The largest absolute Gasteiger partial charge is 0.479 e. The van der Waals surface area contributed by atoms with Gasteiger partial charge in [-0.2, -0.15) is 9.62 Å². The minimum atomic E-state index is -2.17. The highest BCUT2D eigenvalue weighted by Crippen LogP contribution is 2.35. The van der Waals surface area contributed by atoms with Gasteiger partial charge in [-0.3, -0.25) is 4.79 Å². The van der Waals surface area contributed by atoms with E-state index in [4.69, 9.17) is 10.00 Å². The fourth-order valence-electron chi connectivity index (χ4n) is 3.62. The van der Waals surface area contributed by atoms with E-state index in [0.29, 0.717) is 38.6 Å². The van der Waals surface area contributed by atoms with E-state index in [9.17, 15) is 13.4 Å². The molecule has 188 valence electrons. The highest BCUT2D eigenvalue weighted by molar-refractivity contribution is 14.1. The first-order chi connectivity index (χ1) is 17.2. The summed E-state index contributed by atoms with van der Waals surface area (Å²) in [6.45, 7) is 3.06. The van der Waals surface area contributed by atoms with Crippen molar-refractivity contribution in [3.63, 3.8) is 0 Å². The third kappa shape index (κ3) is 5.84. The summed E-state index contributed by atoms with van der Waals surface area (Å²) in [6, 6.07) is 8.85. The molecule has 12 heteroatoms. The SMILES string of the molecule is C[C@H](C#N)NC(=O)[C@@H](C)Oc1cc(F)ccc1Nc1ncnc2cc(N=S3(=O)CCC3)cc(CI)c12. The Morgan fingerprint density at radius 3 is 2.75 bits per heavy atom. The number of nitrogens with zero attached hydrogens (tertiary/aromatic N) is 4. The molecule has 0 saturated carbocycles. The quantitative estimate of drug-likeness (QED) is 0.274. The summed E-state index contributed by atoms with van der Waals surface area (Å²) in [7, 11) is -2.17. The number of rotatable bonds is 8. The van der Waals surface area contributed by atoms with E-state index in [1.165, 1.54) is 31.5 Å². The second-order valence-electron chi connectivity index (χ2n) is 8.37. The van der Waals surface area contributed by atoms with E-state index in [-0.39, 0.29) is 5.75 Å². The Hall–Kier alpha value is -3.05. The van der Waals surface area contributed by atoms with Gasteiger partial charge in [0.15, 0.2) is 6.10 Å². The van der Waals surface area contributed by atoms with Crippen LogP contribution >= 0.6 is 22.6 Å². The van der Waals surface area contributed by atoms with Gasteiger partial charge >= 0.3 is 0 Å². The zero-order valence-corrected chi connectivity index (χ0v) is 22.6. The van der Waals surface area contributed by atoms with Crippen LogP contribution in [0.3, 0.4) is 0 Å². The molecule has 2 N–H and O–H groups in total. The molecule has 0 radical (unpaired) electrons. The highest BCUT2D eigenvalue weighted by atomic mass is 127. The van der Waals surface area contributed by atoms with Crippen molar-refractivity contribution >= 4 is 66.3 Å². The molecule has 1 fully saturated rings. The molecule has 0 unspecified atom stereocenters. The van der Waals surface area contributed by atoms with Crippen LogP contribution in [-0.4, -0.2) is 43.7 Å². The zero-order valence-electron chi connectivity index (χ0n) is 19.6.